The highest BCUT2D eigenvalue weighted by Crippen LogP contribution is 2.27. The van der Waals surface area contributed by atoms with E-state index in [-0.39, 0.29) is 5.41 Å². The molecule has 1 aromatic heterocycles. The number of nitrogens with two attached hydrogens (primary N) is 1. The minimum absolute atomic E-state index is 0.187. The molecule has 0 spiro atoms. The number of amides is 1. The van der Waals surface area contributed by atoms with Crippen LogP contribution in [0.1, 0.15) is 37.0 Å². The van der Waals surface area contributed by atoms with Crippen LogP contribution in [0.5, 0.6) is 0 Å². The summed E-state index contributed by atoms with van der Waals surface area (Å²) in [5.74, 6) is 0.121. The molecule has 0 saturated heterocycles. The number of hydrogen-bond acceptors (Lipinski definition) is 3. The van der Waals surface area contributed by atoms with Gasteiger partial charge in [-0.15, -0.1) is 0 Å². The highest BCUT2D eigenvalue weighted by molar-refractivity contribution is 6.03. The number of hydrogen-bond donors (Lipinski definition) is 1. The SMILES string of the molecule is CC(C)(C)c1nc2c(C(N)=O)cccc2o1. The number of oxazole rings is 1. The van der Waals surface area contributed by atoms with Crippen LogP contribution in [0.3, 0.4) is 0 Å². The smallest absolute Gasteiger partial charge is 0.251 e. The second-order valence-electron chi connectivity index (χ2n) is 4.79. The number of rotatable bonds is 1. The Morgan fingerprint density at radius 1 is 1.38 bits per heavy atom. The van der Waals surface area contributed by atoms with E-state index in [4.69, 9.17) is 10.2 Å². The Balaban J connectivity index is 2.71. The van der Waals surface area contributed by atoms with Crippen molar-refractivity contribution >= 4 is 17.0 Å². The third kappa shape index (κ3) is 1.66. The van der Waals surface area contributed by atoms with Gasteiger partial charge < -0.3 is 10.2 Å². The molecule has 2 N–H and O–H groups in total. The van der Waals surface area contributed by atoms with Gasteiger partial charge in [0.15, 0.2) is 5.58 Å². The minimum Gasteiger partial charge on any atom is -0.440 e. The average molecular weight is 218 g/mol. The molecule has 0 atom stereocenters. The van der Waals surface area contributed by atoms with Gasteiger partial charge in [0.2, 0.25) is 5.89 Å². The van der Waals surface area contributed by atoms with Gasteiger partial charge in [0.25, 0.3) is 5.91 Å². The van der Waals surface area contributed by atoms with Crippen LogP contribution < -0.4 is 5.73 Å². The Labute approximate surface area is 93.5 Å². The summed E-state index contributed by atoms with van der Waals surface area (Å²) in [6.07, 6.45) is 0. The molecule has 2 rings (SSSR count). The molecule has 0 saturated carbocycles. The molecule has 0 bridgehead atoms. The third-order valence-electron chi connectivity index (χ3n) is 2.33. The van der Waals surface area contributed by atoms with E-state index in [0.717, 1.165) is 0 Å². The number of nitrogens with zero attached hydrogens (tertiary/aromatic N) is 1. The Morgan fingerprint density at radius 3 is 2.62 bits per heavy atom. The van der Waals surface area contributed by atoms with Gasteiger partial charge >= 0.3 is 0 Å². The van der Waals surface area contributed by atoms with Gasteiger partial charge in [-0.2, -0.15) is 0 Å². The Morgan fingerprint density at radius 2 is 2.06 bits per heavy atom. The standard InChI is InChI=1S/C12H14N2O2/c1-12(2,3)11-14-9-7(10(13)15)5-4-6-8(9)16-11/h4-6H,1-3H3,(H2,13,15). The second kappa shape index (κ2) is 3.33. The first-order valence-electron chi connectivity index (χ1n) is 5.09. The molecular weight excluding hydrogens is 204 g/mol. The van der Waals surface area contributed by atoms with Gasteiger partial charge in [0, 0.05) is 5.41 Å². The maximum atomic E-state index is 11.2. The van der Waals surface area contributed by atoms with Crippen LogP contribution in [0.15, 0.2) is 22.6 Å². The van der Waals surface area contributed by atoms with Crippen molar-refractivity contribution in [1.82, 2.24) is 4.98 Å². The molecular formula is C12H14N2O2. The van der Waals surface area contributed by atoms with Crippen molar-refractivity contribution < 1.29 is 9.21 Å². The van der Waals surface area contributed by atoms with E-state index in [1.54, 1.807) is 18.2 Å². The Hall–Kier alpha value is -1.84. The summed E-state index contributed by atoms with van der Waals surface area (Å²) in [6, 6.07) is 5.17. The lowest BCUT2D eigenvalue weighted by Gasteiger charge is -2.11. The van der Waals surface area contributed by atoms with Gasteiger partial charge in [-0.1, -0.05) is 26.8 Å². The number of carbonyl (C=O) groups is 1. The molecule has 1 amide bonds. The van der Waals surface area contributed by atoms with Crippen molar-refractivity contribution in [1.29, 1.82) is 0 Å². The fourth-order valence-corrected chi connectivity index (χ4v) is 1.47. The molecule has 16 heavy (non-hydrogen) atoms. The molecule has 4 heteroatoms. The average Bonchev–Trinajstić information content (AvgIpc) is 2.59. The van der Waals surface area contributed by atoms with E-state index >= 15 is 0 Å². The predicted octanol–water partition coefficient (Wildman–Crippen LogP) is 2.22. The van der Waals surface area contributed by atoms with Gasteiger partial charge in [-0.05, 0) is 12.1 Å². The fourth-order valence-electron chi connectivity index (χ4n) is 1.47. The number of aromatic nitrogens is 1. The van der Waals surface area contributed by atoms with Crippen molar-refractivity contribution in [3.8, 4) is 0 Å². The van der Waals surface area contributed by atoms with Crippen LogP contribution in [0.25, 0.3) is 11.1 Å². The van der Waals surface area contributed by atoms with Crippen LogP contribution in [-0.4, -0.2) is 10.9 Å². The maximum Gasteiger partial charge on any atom is 0.251 e. The quantitative estimate of drug-likeness (QED) is 0.797. The third-order valence-corrected chi connectivity index (χ3v) is 2.33. The van der Waals surface area contributed by atoms with Crippen LogP contribution in [0.2, 0.25) is 0 Å². The van der Waals surface area contributed by atoms with Crippen molar-refractivity contribution in [2.45, 2.75) is 26.2 Å². The van der Waals surface area contributed by atoms with E-state index < -0.39 is 5.91 Å². The molecule has 0 unspecified atom stereocenters. The van der Waals surface area contributed by atoms with E-state index in [9.17, 15) is 4.79 Å². The predicted molar refractivity (Wildman–Crippen MR) is 61.2 cm³/mol. The van der Waals surface area contributed by atoms with Crippen LogP contribution >= 0.6 is 0 Å². The first-order chi connectivity index (χ1) is 7.39. The van der Waals surface area contributed by atoms with Crippen LogP contribution in [0.4, 0.5) is 0 Å². The summed E-state index contributed by atoms with van der Waals surface area (Å²) in [5.41, 5.74) is 6.63. The van der Waals surface area contributed by atoms with Crippen LogP contribution in [-0.2, 0) is 5.41 Å². The van der Waals surface area contributed by atoms with E-state index in [0.29, 0.717) is 22.6 Å². The highest BCUT2D eigenvalue weighted by Gasteiger charge is 2.22. The van der Waals surface area contributed by atoms with E-state index in [2.05, 4.69) is 4.98 Å². The number of fused-ring (bicyclic) bond motifs is 1. The molecule has 0 radical (unpaired) electrons. The monoisotopic (exact) mass is 218 g/mol. The van der Waals surface area contributed by atoms with Crippen molar-refractivity contribution in [3.63, 3.8) is 0 Å². The molecule has 0 fully saturated rings. The zero-order chi connectivity index (χ0) is 11.9. The minimum atomic E-state index is -0.487. The van der Waals surface area contributed by atoms with Gasteiger partial charge in [0.1, 0.15) is 5.52 Å². The summed E-state index contributed by atoms with van der Waals surface area (Å²) in [4.78, 5) is 15.6. The topological polar surface area (TPSA) is 69.1 Å². The molecule has 1 heterocycles. The second-order valence-corrected chi connectivity index (χ2v) is 4.79. The summed E-state index contributed by atoms with van der Waals surface area (Å²) in [7, 11) is 0. The highest BCUT2D eigenvalue weighted by atomic mass is 16.3. The fraction of sp³-hybridized carbons (Fsp3) is 0.333. The molecule has 1 aromatic carbocycles. The van der Waals surface area contributed by atoms with E-state index in [1.807, 2.05) is 20.8 Å². The van der Waals surface area contributed by atoms with Crippen molar-refractivity contribution in [2.24, 2.45) is 5.73 Å². The van der Waals surface area contributed by atoms with Crippen molar-refractivity contribution in [2.75, 3.05) is 0 Å². The zero-order valence-corrected chi connectivity index (χ0v) is 9.57. The molecule has 0 aliphatic carbocycles. The maximum absolute atomic E-state index is 11.2. The first kappa shape index (κ1) is 10.7. The lowest BCUT2D eigenvalue weighted by Crippen LogP contribution is -2.13. The first-order valence-corrected chi connectivity index (χ1v) is 5.09. The molecule has 4 nitrogen and oxygen atoms in total. The van der Waals surface area contributed by atoms with Gasteiger partial charge in [-0.25, -0.2) is 4.98 Å². The van der Waals surface area contributed by atoms with Gasteiger partial charge in [-0.3, -0.25) is 4.79 Å². The van der Waals surface area contributed by atoms with Crippen LogP contribution in [0, 0.1) is 0 Å². The molecule has 0 aliphatic heterocycles. The molecule has 0 aliphatic rings. The molecule has 2 aromatic rings. The number of carbonyl (C=O) groups excluding carboxylic acids is 1. The Kier molecular flexibility index (Phi) is 2.22. The largest absolute Gasteiger partial charge is 0.440 e. The molecule has 84 valence electrons. The summed E-state index contributed by atoms with van der Waals surface area (Å²) < 4.78 is 5.60. The summed E-state index contributed by atoms with van der Waals surface area (Å²) in [5, 5.41) is 0. The lowest BCUT2D eigenvalue weighted by molar-refractivity contribution is 0.100. The zero-order valence-electron chi connectivity index (χ0n) is 9.57. The normalized spacial score (nSPS) is 11.9. The number of benzene rings is 1. The number of primary amides is 1. The number of para-hydroxylation sites is 1. The Bertz CT molecular complexity index is 550. The van der Waals surface area contributed by atoms with Gasteiger partial charge in [0.05, 0.1) is 5.56 Å². The lowest BCUT2D eigenvalue weighted by atomic mass is 9.97. The van der Waals surface area contributed by atoms with Crippen molar-refractivity contribution in [3.05, 3.63) is 29.7 Å². The van der Waals surface area contributed by atoms with E-state index in [1.165, 1.54) is 0 Å². The summed E-state index contributed by atoms with van der Waals surface area (Å²) >= 11 is 0. The summed E-state index contributed by atoms with van der Waals surface area (Å²) in [6.45, 7) is 6.00.